The normalized spacial score (nSPS) is 11.6. The second kappa shape index (κ2) is 5.35. The number of hydrogen-bond donors (Lipinski definition) is 1. The number of furan rings is 1. The Labute approximate surface area is 117 Å². The Hall–Kier alpha value is -1.33. The summed E-state index contributed by atoms with van der Waals surface area (Å²) >= 11 is 11.4. The van der Waals surface area contributed by atoms with Gasteiger partial charge in [-0.15, -0.1) is 0 Å². The summed E-state index contributed by atoms with van der Waals surface area (Å²) < 4.78 is 42.4. The highest BCUT2D eigenvalue weighted by atomic mass is 35.5. The minimum absolute atomic E-state index is 0.00696. The van der Waals surface area contributed by atoms with Crippen LogP contribution in [0.15, 0.2) is 34.7 Å². The summed E-state index contributed by atoms with van der Waals surface area (Å²) in [6.07, 6.45) is -4.41. The van der Waals surface area contributed by atoms with Crippen LogP contribution in [0.5, 0.6) is 0 Å². The first-order valence-electron chi connectivity index (χ1n) is 5.21. The van der Waals surface area contributed by atoms with Crippen LogP contribution in [0.2, 0.25) is 10.2 Å². The minimum Gasteiger partial charge on any atom is -0.448 e. The van der Waals surface area contributed by atoms with E-state index < -0.39 is 11.7 Å². The predicted molar refractivity (Wildman–Crippen MR) is 67.5 cm³/mol. The molecule has 2 rings (SSSR count). The maximum Gasteiger partial charge on any atom is 0.416 e. The molecule has 0 bridgehead atoms. The van der Waals surface area contributed by atoms with E-state index in [0.717, 1.165) is 12.1 Å². The monoisotopic (exact) mass is 309 g/mol. The van der Waals surface area contributed by atoms with E-state index in [-0.39, 0.29) is 16.8 Å². The van der Waals surface area contributed by atoms with E-state index in [1.807, 2.05) is 0 Å². The molecule has 7 heteroatoms. The third-order valence-electron chi connectivity index (χ3n) is 2.38. The van der Waals surface area contributed by atoms with E-state index in [9.17, 15) is 13.2 Å². The average molecular weight is 310 g/mol. The fourth-order valence-electron chi connectivity index (χ4n) is 1.46. The number of alkyl halides is 3. The molecule has 0 saturated carbocycles. The van der Waals surface area contributed by atoms with Crippen molar-refractivity contribution < 1.29 is 17.6 Å². The van der Waals surface area contributed by atoms with E-state index in [2.05, 4.69) is 5.32 Å². The maximum absolute atomic E-state index is 12.4. The summed E-state index contributed by atoms with van der Waals surface area (Å²) in [7, 11) is 0. The Balaban J connectivity index is 2.09. The van der Waals surface area contributed by atoms with Crippen LogP contribution in [0, 0.1) is 0 Å². The molecule has 0 saturated heterocycles. The zero-order valence-electron chi connectivity index (χ0n) is 9.39. The molecule has 0 aliphatic rings. The van der Waals surface area contributed by atoms with Crippen LogP contribution in [0.1, 0.15) is 11.3 Å². The van der Waals surface area contributed by atoms with Gasteiger partial charge in [-0.1, -0.05) is 11.6 Å². The fraction of sp³-hybridized carbons (Fsp3) is 0.167. The summed E-state index contributed by atoms with van der Waals surface area (Å²) in [4.78, 5) is 0. The summed E-state index contributed by atoms with van der Waals surface area (Å²) in [5, 5.41) is 3.11. The van der Waals surface area contributed by atoms with Crippen LogP contribution in [0.25, 0.3) is 0 Å². The Bertz CT molecular complexity index is 581. The molecule has 0 unspecified atom stereocenters. The number of nitrogens with one attached hydrogen (secondary N) is 1. The lowest BCUT2D eigenvalue weighted by molar-refractivity contribution is -0.137. The van der Waals surface area contributed by atoms with Gasteiger partial charge in [0.05, 0.1) is 22.8 Å². The maximum atomic E-state index is 12.4. The first kappa shape index (κ1) is 14.1. The quantitative estimate of drug-likeness (QED) is 0.841. The van der Waals surface area contributed by atoms with Crippen molar-refractivity contribution in [2.45, 2.75) is 12.7 Å². The molecule has 102 valence electrons. The third kappa shape index (κ3) is 3.58. The number of hydrogen-bond acceptors (Lipinski definition) is 2. The van der Waals surface area contributed by atoms with Gasteiger partial charge >= 0.3 is 6.18 Å². The number of rotatable bonds is 3. The van der Waals surface area contributed by atoms with E-state index in [4.69, 9.17) is 27.6 Å². The molecule has 2 nitrogen and oxygen atoms in total. The number of halogens is 5. The lowest BCUT2D eigenvalue weighted by atomic mass is 10.2. The highest BCUT2D eigenvalue weighted by molar-refractivity contribution is 6.33. The van der Waals surface area contributed by atoms with E-state index in [0.29, 0.717) is 11.4 Å². The lowest BCUT2D eigenvalue weighted by Gasteiger charge is -2.11. The van der Waals surface area contributed by atoms with Crippen molar-refractivity contribution in [3.05, 3.63) is 51.9 Å². The molecule has 0 radical (unpaired) electrons. The van der Waals surface area contributed by atoms with Crippen molar-refractivity contribution in [3.63, 3.8) is 0 Å². The first-order valence-corrected chi connectivity index (χ1v) is 5.96. The first-order chi connectivity index (χ1) is 8.86. The zero-order chi connectivity index (χ0) is 14.0. The van der Waals surface area contributed by atoms with Gasteiger partial charge in [-0.25, -0.2) is 0 Å². The van der Waals surface area contributed by atoms with Gasteiger partial charge in [-0.2, -0.15) is 13.2 Å². The topological polar surface area (TPSA) is 25.2 Å². The van der Waals surface area contributed by atoms with Gasteiger partial charge in [0.1, 0.15) is 5.76 Å². The van der Waals surface area contributed by atoms with Crippen LogP contribution in [-0.4, -0.2) is 0 Å². The molecule has 2 aromatic rings. The molecule has 0 atom stereocenters. The highest BCUT2D eigenvalue weighted by Gasteiger charge is 2.30. The van der Waals surface area contributed by atoms with Crippen LogP contribution in [0.4, 0.5) is 18.9 Å². The van der Waals surface area contributed by atoms with E-state index in [1.54, 1.807) is 12.1 Å². The van der Waals surface area contributed by atoms with Gasteiger partial charge in [-0.3, -0.25) is 0 Å². The zero-order valence-corrected chi connectivity index (χ0v) is 10.9. The SMILES string of the molecule is FC(F)(F)c1ccc(NCc2ccc(Cl)o2)c(Cl)c1. The molecule has 19 heavy (non-hydrogen) atoms. The largest absolute Gasteiger partial charge is 0.448 e. The Morgan fingerprint density at radius 3 is 2.37 bits per heavy atom. The Kier molecular flexibility index (Phi) is 3.96. The smallest absolute Gasteiger partial charge is 0.416 e. The second-order valence-corrected chi connectivity index (χ2v) is 4.53. The molecular formula is C12H8Cl2F3NO. The van der Waals surface area contributed by atoms with Gasteiger partial charge in [0.25, 0.3) is 0 Å². The molecule has 0 aliphatic carbocycles. The molecule has 1 aromatic heterocycles. The van der Waals surface area contributed by atoms with Crippen molar-refractivity contribution in [2.75, 3.05) is 5.32 Å². The molecular weight excluding hydrogens is 302 g/mol. The second-order valence-electron chi connectivity index (χ2n) is 3.75. The highest BCUT2D eigenvalue weighted by Crippen LogP contribution is 2.33. The molecule has 1 aromatic carbocycles. The number of benzene rings is 1. The standard InChI is InChI=1S/C12H8Cl2F3NO/c13-9-5-7(12(15,16)17)1-3-10(9)18-6-8-2-4-11(14)19-8/h1-5,18H,6H2. The molecule has 1 N–H and O–H groups in total. The van der Waals surface area contributed by atoms with Crippen molar-refractivity contribution in [1.29, 1.82) is 0 Å². The van der Waals surface area contributed by atoms with Crippen LogP contribution < -0.4 is 5.32 Å². The molecule has 0 spiro atoms. The summed E-state index contributed by atoms with van der Waals surface area (Å²) in [5.41, 5.74) is -0.397. The van der Waals surface area contributed by atoms with Crippen molar-refractivity contribution in [3.8, 4) is 0 Å². The third-order valence-corrected chi connectivity index (χ3v) is 2.89. The van der Waals surface area contributed by atoms with Gasteiger partial charge in [0, 0.05) is 0 Å². The van der Waals surface area contributed by atoms with Gasteiger partial charge in [-0.05, 0) is 41.9 Å². The summed E-state index contributed by atoms with van der Waals surface area (Å²) in [5.74, 6) is 0.556. The summed E-state index contributed by atoms with van der Waals surface area (Å²) in [6.45, 7) is 0.276. The summed E-state index contributed by atoms with van der Waals surface area (Å²) in [6, 6.07) is 6.35. The van der Waals surface area contributed by atoms with Crippen molar-refractivity contribution in [1.82, 2.24) is 0 Å². The van der Waals surface area contributed by atoms with Crippen LogP contribution in [-0.2, 0) is 12.7 Å². The Morgan fingerprint density at radius 2 is 1.84 bits per heavy atom. The molecule has 1 heterocycles. The van der Waals surface area contributed by atoms with E-state index in [1.165, 1.54) is 6.07 Å². The van der Waals surface area contributed by atoms with Gasteiger partial charge in [0.15, 0.2) is 5.22 Å². The molecule has 0 aliphatic heterocycles. The van der Waals surface area contributed by atoms with E-state index >= 15 is 0 Å². The predicted octanol–water partition coefficient (Wildman–Crippen LogP) is 5.22. The fourth-order valence-corrected chi connectivity index (χ4v) is 1.87. The lowest BCUT2D eigenvalue weighted by Crippen LogP contribution is -2.06. The van der Waals surface area contributed by atoms with Crippen LogP contribution >= 0.6 is 23.2 Å². The number of anilines is 1. The van der Waals surface area contributed by atoms with Gasteiger partial charge < -0.3 is 9.73 Å². The molecule has 0 fully saturated rings. The minimum atomic E-state index is -4.41. The van der Waals surface area contributed by atoms with Crippen molar-refractivity contribution >= 4 is 28.9 Å². The van der Waals surface area contributed by atoms with Gasteiger partial charge in [0.2, 0.25) is 0 Å². The Morgan fingerprint density at radius 1 is 1.11 bits per heavy atom. The van der Waals surface area contributed by atoms with Crippen LogP contribution in [0.3, 0.4) is 0 Å². The molecule has 0 amide bonds. The van der Waals surface area contributed by atoms with Crippen molar-refractivity contribution in [2.24, 2.45) is 0 Å². The average Bonchev–Trinajstić information content (AvgIpc) is 2.72.